The summed E-state index contributed by atoms with van der Waals surface area (Å²) in [7, 11) is -3.59. The summed E-state index contributed by atoms with van der Waals surface area (Å²) in [6, 6.07) is 7.95. The lowest BCUT2D eigenvalue weighted by atomic mass is 10.2. The topological polar surface area (TPSA) is 78.9 Å². The normalized spacial score (nSPS) is 18.6. The summed E-state index contributed by atoms with van der Waals surface area (Å²) >= 11 is 0. The van der Waals surface area contributed by atoms with Crippen LogP contribution in [0.5, 0.6) is 0 Å². The molecule has 10 heteroatoms. The standard InChI is InChI=1S/C20H26FN5O3S/c1-16-14-19(24-10-12-29-13-11-24)23-20(22-16)25-6-8-26(9-7-25)30(27,28)15-17-4-2-3-5-18(17)21/h2-5,14H,6-13,15H2,1H3. The summed E-state index contributed by atoms with van der Waals surface area (Å²) in [6.45, 7) is 6.49. The molecule has 0 radical (unpaired) electrons. The smallest absolute Gasteiger partial charge is 0.227 e. The van der Waals surface area contributed by atoms with Crippen LogP contribution in [-0.2, 0) is 20.5 Å². The molecule has 2 aliphatic heterocycles. The van der Waals surface area contributed by atoms with Gasteiger partial charge in [0, 0.05) is 56.6 Å². The van der Waals surface area contributed by atoms with Crippen molar-refractivity contribution in [2.75, 3.05) is 62.3 Å². The van der Waals surface area contributed by atoms with E-state index in [0.29, 0.717) is 45.3 Å². The number of halogens is 1. The first kappa shape index (κ1) is 21.0. The fourth-order valence-electron chi connectivity index (χ4n) is 3.70. The minimum absolute atomic E-state index is 0.192. The lowest BCUT2D eigenvalue weighted by molar-refractivity contribution is 0.122. The predicted molar refractivity (Wildman–Crippen MR) is 113 cm³/mol. The molecular weight excluding hydrogens is 409 g/mol. The lowest BCUT2D eigenvalue weighted by Crippen LogP contribution is -2.49. The fourth-order valence-corrected chi connectivity index (χ4v) is 5.23. The summed E-state index contributed by atoms with van der Waals surface area (Å²) in [4.78, 5) is 13.5. The highest BCUT2D eigenvalue weighted by molar-refractivity contribution is 7.88. The molecule has 1 aromatic heterocycles. The largest absolute Gasteiger partial charge is 0.378 e. The van der Waals surface area contributed by atoms with Gasteiger partial charge in [-0.1, -0.05) is 18.2 Å². The van der Waals surface area contributed by atoms with Crippen molar-refractivity contribution in [3.63, 3.8) is 0 Å². The van der Waals surface area contributed by atoms with Crippen molar-refractivity contribution in [2.45, 2.75) is 12.7 Å². The van der Waals surface area contributed by atoms with Crippen LogP contribution >= 0.6 is 0 Å². The average Bonchev–Trinajstić information content (AvgIpc) is 2.75. The highest BCUT2D eigenvalue weighted by Crippen LogP contribution is 2.21. The van der Waals surface area contributed by atoms with E-state index in [9.17, 15) is 12.8 Å². The molecule has 0 aliphatic carbocycles. The second-order valence-electron chi connectivity index (χ2n) is 7.50. The molecule has 0 saturated carbocycles. The summed E-state index contributed by atoms with van der Waals surface area (Å²) in [6.07, 6.45) is 0. The Morgan fingerprint density at radius 2 is 1.70 bits per heavy atom. The number of ether oxygens (including phenoxy) is 1. The van der Waals surface area contributed by atoms with Gasteiger partial charge in [0.2, 0.25) is 16.0 Å². The molecule has 0 spiro atoms. The average molecular weight is 436 g/mol. The number of hydrogen-bond acceptors (Lipinski definition) is 7. The summed E-state index contributed by atoms with van der Waals surface area (Å²) in [5.41, 5.74) is 1.06. The van der Waals surface area contributed by atoms with E-state index in [1.807, 2.05) is 17.9 Å². The first-order chi connectivity index (χ1) is 14.4. The maximum absolute atomic E-state index is 13.9. The third-order valence-corrected chi connectivity index (χ3v) is 7.20. The number of nitrogens with zero attached hydrogens (tertiary/aromatic N) is 5. The van der Waals surface area contributed by atoms with Crippen LogP contribution in [0.2, 0.25) is 0 Å². The molecule has 2 aliphatic rings. The molecule has 2 fully saturated rings. The van der Waals surface area contributed by atoms with Crippen LogP contribution in [0.25, 0.3) is 0 Å². The van der Waals surface area contributed by atoms with Crippen LogP contribution in [0.3, 0.4) is 0 Å². The van der Waals surface area contributed by atoms with Gasteiger partial charge >= 0.3 is 0 Å². The molecule has 0 amide bonds. The Labute approximate surface area is 176 Å². The maximum Gasteiger partial charge on any atom is 0.227 e. The Kier molecular flexibility index (Phi) is 6.16. The molecular formula is C20H26FN5O3S. The van der Waals surface area contributed by atoms with Gasteiger partial charge in [0.05, 0.1) is 19.0 Å². The molecule has 2 saturated heterocycles. The van der Waals surface area contributed by atoms with Crippen molar-refractivity contribution in [1.82, 2.24) is 14.3 Å². The van der Waals surface area contributed by atoms with Gasteiger partial charge in [-0.2, -0.15) is 9.29 Å². The van der Waals surface area contributed by atoms with E-state index >= 15 is 0 Å². The van der Waals surface area contributed by atoms with Crippen molar-refractivity contribution >= 4 is 21.8 Å². The Hall–Kier alpha value is -2.30. The Balaban J connectivity index is 1.43. The van der Waals surface area contributed by atoms with Crippen LogP contribution in [0.4, 0.5) is 16.2 Å². The zero-order chi connectivity index (χ0) is 21.1. The quantitative estimate of drug-likeness (QED) is 0.703. The van der Waals surface area contributed by atoms with Gasteiger partial charge in [0.25, 0.3) is 0 Å². The number of morpholine rings is 1. The van der Waals surface area contributed by atoms with E-state index in [1.165, 1.54) is 16.4 Å². The number of rotatable bonds is 5. The second-order valence-corrected chi connectivity index (χ2v) is 9.47. The van der Waals surface area contributed by atoms with Gasteiger partial charge in [0.1, 0.15) is 11.6 Å². The van der Waals surface area contributed by atoms with Crippen molar-refractivity contribution in [3.05, 3.63) is 47.4 Å². The minimum Gasteiger partial charge on any atom is -0.378 e. The van der Waals surface area contributed by atoms with E-state index in [4.69, 9.17) is 9.72 Å². The zero-order valence-corrected chi connectivity index (χ0v) is 17.8. The molecule has 0 unspecified atom stereocenters. The molecule has 0 N–H and O–H groups in total. The van der Waals surface area contributed by atoms with E-state index < -0.39 is 15.8 Å². The van der Waals surface area contributed by atoms with Gasteiger partial charge in [0.15, 0.2) is 0 Å². The Morgan fingerprint density at radius 3 is 2.40 bits per heavy atom. The van der Waals surface area contributed by atoms with Crippen LogP contribution in [0, 0.1) is 12.7 Å². The van der Waals surface area contributed by atoms with E-state index in [-0.39, 0.29) is 11.3 Å². The van der Waals surface area contributed by atoms with Crippen LogP contribution in [-0.4, -0.2) is 75.2 Å². The fraction of sp³-hybridized carbons (Fsp3) is 0.500. The van der Waals surface area contributed by atoms with Crippen molar-refractivity contribution in [1.29, 1.82) is 0 Å². The number of piperazine rings is 1. The first-order valence-corrected chi connectivity index (χ1v) is 11.7. The maximum atomic E-state index is 13.9. The van der Waals surface area contributed by atoms with Crippen molar-refractivity contribution in [2.24, 2.45) is 0 Å². The van der Waals surface area contributed by atoms with Crippen LogP contribution in [0.15, 0.2) is 30.3 Å². The highest BCUT2D eigenvalue weighted by atomic mass is 32.2. The molecule has 4 rings (SSSR count). The number of aromatic nitrogens is 2. The van der Waals surface area contributed by atoms with Gasteiger partial charge < -0.3 is 14.5 Å². The molecule has 2 aromatic rings. The van der Waals surface area contributed by atoms with Gasteiger partial charge in [-0.15, -0.1) is 0 Å². The van der Waals surface area contributed by atoms with Crippen LogP contribution in [0.1, 0.15) is 11.3 Å². The van der Waals surface area contributed by atoms with E-state index in [0.717, 1.165) is 24.6 Å². The van der Waals surface area contributed by atoms with Gasteiger partial charge in [-0.25, -0.2) is 17.8 Å². The molecule has 1 aromatic carbocycles. The molecule has 162 valence electrons. The van der Waals surface area contributed by atoms with Gasteiger partial charge in [-0.05, 0) is 13.0 Å². The molecule has 3 heterocycles. The van der Waals surface area contributed by atoms with E-state index in [2.05, 4.69) is 9.88 Å². The molecule has 0 bridgehead atoms. The Morgan fingerprint density at radius 1 is 1.00 bits per heavy atom. The third-order valence-electron chi connectivity index (χ3n) is 5.37. The minimum atomic E-state index is -3.59. The molecule has 30 heavy (non-hydrogen) atoms. The number of benzene rings is 1. The number of sulfonamides is 1. The number of hydrogen-bond donors (Lipinski definition) is 0. The number of anilines is 2. The molecule has 0 atom stereocenters. The second kappa shape index (κ2) is 8.83. The van der Waals surface area contributed by atoms with Gasteiger partial charge in [-0.3, -0.25) is 0 Å². The zero-order valence-electron chi connectivity index (χ0n) is 17.0. The monoisotopic (exact) mass is 435 g/mol. The Bertz CT molecular complexity index is 990. The summed E-state index contributed by atoms with van der Waals surface area (Å²) in [5, 5.41) is 0. The molecule has 8 nitrogen and oxygen atoms in total. The van der Waals surface area contributed by atoms with Crippen molar-refractivity contribution < 1.29 is 17.5 Å². The number of aryl methyl sites for hydroxylation is 1. The van der Waals surface area contributed by atoms with Crippen molar-refractivity contribution in [3.8, 4) is 0 Å². The summed E-state index contributed by atoms with van der Waals surface area (Å²) < 4.78 is 46.2. The summed E-state index contributed by atoms with van der Waals surface area (Å²) in [5.74, 6) is 0.656. The van der Waals surface area contributed by atoms with E-state index in [1.54, 1.807) is 12.1 Å². The predicted octanol–water partition coefficient (Wildman–Crippen LogP) is 1.41. The van der Waals surface area contributed by atoms with Crippen LogP contribution < -0.4 is 9.80 Å². The highest BCUT2D eigenvalue weighted by Gasteiger charge is 2.29. The third kappa shape index (κ3) is 4.71. The lowest BCUT2D eigenvalue weighted by Gasteiger charge is -2.35. The SMILES string of the molecule is Cc1cc(N2CCOCC2)nc(N2CCN(S(=O)(=O)Cc3ccccc3F)CC2)n1. The first-order valence-electron chi connectivity index (χ1n) is 10.1.